The van der Waals surface area contributed by atoms with E-state index in [1.807, 2.05) is 0 Å². The molecule has 0 aliphatic carbocycles. The summed E-state index contributed by atoms with van der Waals surface area (Å²) in [6.07, 6.45) is 12.7. The normalized spacial score (nSPS) is 11.0. The first-order valence-corrected chi connectivity index (χ1v) is 18.8. The van der Waals surface area contributed by atoms with E-state index in [1.165, 1.54) is 66.3 Å². The molecule has 11 heteroatoms. The van der Waals surface area contributed by atoms with Crippen molar-refractivity contribution in [1.82, 2.24) is 0 Å². The number of methoxy groups -OCH3 is 3. The van der Waals surface area contributed by atoms with Crippen molar-refractivity contribution in [3.05, 3.63) is 89.5 Å². The Morgan fingerprint density at radius 2 is 0.759 bits per heavy atom. The molecule has 11 nitrogen and oxygen atoms in total. The van der Waals surface area contributed by atoms with E-state index in [0.717, 1.165) is 19.3 Å². The van der Waals surface area contributed by atoms with Crippen LogP contribution in [0.2, 0.25) is 0 Å². The second-order valence-corrected chi connectivity index (χ2v) is 13.3. The third-order valence-electron chi connectivity index (χ3n) is 9.03. The molecule has 0 saturated carbocycles. The second kappa shape index (κ2) is 24.3. The van der Waals surface area contributed by atoms with E-state index in [9.17, 15) is 19.2 Å². The highest BCUT2D eigenvalue weighted by Crippen LogP contribution is 2.28. The van der Waals surface area contributed by atoms with Crippen LogP contribution in [-0.4, -0.2) is 71.6 Å². The van der Waals surface area contributed by atoms with Gasteiger partial charge >= 0.3 is 23.9 Å². The lowest BCUT2D eigenvalue weighted by Crippen LogP contribution is -2.44. The standard InChI is InChI=1S/C43H56O11/c1-5-6-7-8-9-10-11-12-13-14-15-28-39(44)51-29-43(30-52-40(45)33-22-16-19-25-36(33)48-2,31-53-41(46)34-23-17-20-26-37(34)49-3)32-54-42(47)35-24-18-21-27-38(35)50-4/h16-27H,5-15,28-32H2,1-4H3. The molecule has 0 bridgehead atoms. The van der Waals surface area contributed by atoms with Crippen molar-refractivity contribution in [3.8, 4) is 17.2 Å². The van der Waals surface area contributed by atoms with Crippen LogP contribution in [0.4, 0.5) is 0 Å². The summed E-state index contributed by atoms with van der Waals surface area (Å²) < 4.78 is 39.1. The van der Waals surface area contributed by atoms with Gasteiger partial charge in [-0.1, -0.05) is 108 Å². The van der Waals surface area contributed by atoms with Gasteiger partial charge in [-0.15, -0.1) is 0 Å². The number of hydrogen-bond donors (Lipinski definition) is 0. The number of hydrogen-bond acceptors (Lipinski definition) is 11. The Labute approximate surface area is 319 Å². The Bertz CT molecular complexity index is 1450. The Balaban J connectivity index is 1.77. The molecule has 3 aromatic rings. The third-order valence-corrected chi connectivity index (χ3v) is 9.03. The molecule has 0 heterocycles. The van der Waals surface area contributed by atoms with E-state index in [2.05, 4.69) is 6.92 Å². The number of carbonyl (C=O) groups is 4. The van der Waals surface area contributed by atoms with Crippen LogP contribution in [0, 0.1) is 5.41 Å². The van der Waals surface area contributed by atoms with Crippen LogP contribution in [0.25, 0.3) is 0 Å². The molecular weight excluding hydrogens is 692 g/mol. The van der Waals surface area contributed by atoms with Crippen LogP contribution >= 0.6 is 0 Å². The van der Waals surface area contributed by atoms with E-state index < -0.39 is 49.1 Å². The SMILES string of the molecule is CCCCCCCCCCCCCC(=O)OCC(COC(=O)c1ccccc1OC)(COC(=O)c1ccccc1OC)COC(=O)c1ccccc1OC. The number of rotatable bonds is 26. The summed E-state index contributed by atoms with van der Waals surface area (Å²) in [5, 5.41) is 0. The summed E-state index contributed by atoms with van der Waals surface area (Å²) in [6, 6.07) is 19.6. The van der Waals surface area contributed by atoms with Crippen LogP contribution < -0.4 is 14.2 Å². The Morgan fingerprint density at radius 3 is 1.11 bits per heavy atom. The summed E-state index contributed by atoms with van der Waals surface area (Å²) >= 11 is 0. The molecule has 294 valence electrons. The molecule has 0 saturated heterocycles. The molecular formula is C43H56O11. The highest BCUT2D eigenvalue weighted by Gasteiger charge is 2.39. The first-order chi connectivity index (χ1) is 26.3. The van der Waals surface area contributed by atoms with Gasteiger partial charge in [-0.05, 0) is 42.8 Å². The van der Waals surface area contributed by atoms with Crippen molar-refractivity contribution in [2.75, 3.05) is 47.8 Å². The predicted octanol–water partition coefficient (Wildman–Crippen LogP) is 8.81. The summed E-state index contributed by atoms with van der Waals surface area (Å²) in [6.45, 7) is 0.481. The lowest BCUT2D eigenvalue weighted by Gasteiger charge is -2.31. The summed E-state index contributed by atoms with van der Waals surface area (Å²) in [5.41, 5.74) is -1.06. The van der Waals surface area contributed by atoms with Gasteiger partial charge in [-0.3, -0.25) is 4.79 Å². The van der Waals surface area contributed by atoms with Crippen molar-refractivity contribution >= 4 is 23.9 Å². The van der Waals surface area contributed by atoms with Crippen molar-refractivity contribution in [2.24, 2.45) is 5.41 Å². The van der Waals surface area contributed by atoms with Gasteiger partial charge < -0.3 is 33.2 Å². The molecule has 0 atom stereocenters. The van der Waals surface area contributed by atoms with E-state index in [0.29, 0.717) is 6.42 Å². The fourth-order valence-electron chi connectivity index (χ4n) is 5.82. The van der Waals surface area contributed by atoms with E-state index in [4.69, 9.17) is 33.2 Å². The van der Waals surface area contributed by atoms with Gasteiger partial charge in [0.05, 0.1) is 21.3 Å². The van der Waals surface area contributed by atoms with Crippen LogP contribution in [0.1, 0.15) is 115 Å². The highest BCUT2D eigenvalue weighted by molar-refractivity contribution is 5.93. The molecule has 0 aromatic heterocycles. The second-order valence-electron chi connectivity index (χ2n) is 13.3. The van der Waals surface area contributed by atoms with Gasteiger partial charge in [0.1, 0.15) is 65.8 Å². The summed E-state index contributed by atoms with van der Waals surface area (Å²) in [4.78, 5) is 53.2. The fourth-order valence-corrected chi connectivity index (χ4v) is 5.82. The first kappa shape index (κ1) is 43.3. The monoisotopic (exact) mass is 748 g/mol. The average Bonchev–Trinajstić information content (AvgIpc) is 3.21. The van der Waals surface area contributed by atoms with E-state index in [1.54, 1.807) is 72.8 Å². The number of unbranched alkanes of at least 4 members (excludes halogenated alkanes) is 10. The quantitative estimate of drug-likeness (QED) is 0.0443. The molecule has 3 rings (SSSR count). The zero-order chi connectivity index (χ0) is 39.0. The van der Waals surface area contributed by atoms with Crippen molar-refractivity contribution in [1.29, 1.82) is 0 Å². The van der Waals surface area contributed by atoms with Crippen molar-refractivity contribution < 1.29 is 52.3 Å². The van der Waals surface area contributed by atoms with Gasteiger partial charge in [0.25, 0.3) is 0 Å². The molecule has 3 aromatic carbocycles. The number of benzene rings is 3. The Morgan fingerprint density at radius 1 is 0.444 bits per heavy atom. The molecule has 0 amide bonds. The summed E-state index contributed by atoms with van der Waals surface area (Å²) in [7, 11) is 4.29. The molecule has 0 fully saturated rings. The molecule has 0 unspecified atom stereocenters. The largest absolute Gasteiger partial charge is 0.496 e. The number of para-hydroxylation sites is 3. The van der Waals surface area contributed by atoms with Crippen LogP contribution in [-0.2, 0) is 23.7 Å². The van der Waals surface area contributed by atoms with Gasteiger partial charge in [-0.25, -0.2) is 14.4 Å². The molecule has 0 aliphatic rings. The first-order valence-electron chi connectivity index (χ1n) is 18.8. The highest BCUT2D eigenvalue weighted by atomic mass is 16.6. The molecule has 0 aliphatic heterocycles. The maximum absolute atomic E-state index is 13.4. The van der Waals surface area contributed by atoms with Gasteiger partial charge in [0.2, 0.25) is 0 Å². The fraction of sp³-hybridized carbons (Fsp3) is 0.488. The van der Waals surface area contributed by atoms with E-state index >= 15 is 0 Å². The molecule has 0 spiro atoms. The number of esters is 4. The zero-order valence-corrected chi connectivity index (χ0v) is 32.2. The molecule has 0 N–H and O–H groups in total. The predicted molar refractivity (Wildman–Crippen MR) is 204 cm³/mol. The third kappa shape index (κ3) is 14.4. The topological polar surface area (TPSA) is 133 Å². The minimum atomic E-state index is -1.51. The smallest absolute Gasteiger partial charge is 0.341 e. The maximum atomic E-state index is 13.4. The van der Waals surface area contributed by atoms with Gasteiger partial charge in [0, 0.05) is 6.42 Å². The van der Waals surface area contributed by atoms with Crippen molar-refractivity contribution in [3.63, 3.8) is 0 Å². The van der Waals surface area contributed by atoms with Crippen LogP contribution in [0.3, 0.4) is 0 Å². The number of ether oxygens (including phenoxy) is 7. The van der Waals surface area contributed by atoms with Gasteiger partial charge in [0.15, 0.2) is 0 Å². The van der Waals surface area contributed by atoms with Crippen molar-refractivity contribution in [2.45, 2.75) is 84.0 Å². The van der Waals surface area contributed by atoms with E-state index in [-0.39, 0.29) is 47.0 Å². The lowest BCUT2D eigenvalue weighted by atomic mass is 9.92. The Kier molecular flexibility index (Phi) is 19.5. The van der Waals surface area contributed by atoms with Gasteiger partial charge in [-0.2, -0.15) is 0 Å². The van der Waals surface area contributed by atoms with Crippen LogP contribution in [0.15, 0.2) is 72.8 Å². The van der Waals surface area contributed by atoms with Crippen LogP contribution in [0.5, 0.6) is 17.2 Å². The zero-order valence-electron chi connectivity index (χ0n) is 32.2. The average molecular weight is 749 g/mol. The minimum Gasteiger partial charge on any atom is -0.496 e. The molecule has 0 radical (unpaired) electrons. The lowest BCUT2D eigenvalue weighted by molar-refractivity contribution is -0.151. The maximum Gasteiger partial charge on any atom is 0.341 e. The summed E-state index contributed by atoms with van der Waals surface area (Å²) in [5.74, 6) is -1.83. The Hall–Kier alpha value is -5.06. The minimum absolute atomic E-state index is 0.152. The number of carbonyl (C=O) groups excluding carboxylic acids is 4. The molecule has 54 heavy (non-hydrogen) atoms.